The van der Waals surface area contributed by atoms with Crippen LogP contribution in [0.4, 0.5) is 5.69 Å². The van der Waals surface area contributed by atoms with E-state index in [0.717, 1.165) is 11.5 Å². The smallest absolute Gasteiger partial charge is 0.243 e. The van der Waals surface area contributed by atoms with E-state index >= 15 is 0 Å². The number of nitrogens with zero attached hydrogens (tertiary/aromatic N) is 1. The molecule has 1 aromatic rings. The topological polar surface area (TPSA) is 63.4 Å². The van der Waals surface area contributed by atoms with Crippen molar-refractivity contribution in [2.45, 2.75) is 24.8 Å². The molecular formula is C12H17ClN2O2S2. The molecule has 106 valence electrons. The van der Waals surface area contributed by atoms with Gasteiger partial charge < -0.3 is 5.73 Å². The molecule has 0 radical (unpaired) electrons. The molecule has 1 fully saturated rings. The standard InChI is InChI=1S/C12H17ClN2O2S2/c1-8-7-18-4-3-15(8)19(16,17)10-5-11(13)9(2)12(14)6-10/h5-6,8H,3-4,7,14H2,1-2H3. The molecule has 0 amide bonds. The van der Waals surface area contributed by atoms with Crippen molar-refractivity contribution in [3.05, 3.63) is 22.7 Å². The molecule has 4 nitrogen and oxygen atoms in total. The van der Waals surface area contributed by atoms with Gasteiger partial charge in [0, 0.05) is 34.8 Å². The van der Waals surface area contributed by atoms with Gasteiger partial charge in [0.2, 0.25) is 10.0 Å². The van der Waals surface area contributed by atoms with Crippen molar-refractivity contribution >= 4 is 39.1 Å². The summed E-state index contributed by atoms with van der Waals surface area (Å²) >= 11 is 7.80. The van der Waals surface area contributed by atoms with Gasteiger partial charge in [0.1, 0.15) is 0 Å². The van der Waals surface area contributed by atoms with Gasteiger partial charge in [0.05, 0.1) is 4.90 Å². The fraction of sp³-hybridized carbons (Fsp3) is 0.500. The minimum atomic E-state index is -3.52. The van der Waals surface area contributed by atoms with Gasteiger partial charge in [0.25, 0.3) is 0 Å². The molecule has 0 bridgehead atoms. The lowest BCUT2D eigenvalue weighted by molar-refractivity contribution is 0.367. The Morgan fingerprint density at radius 1 is 1.47 bits per heavy atom. The van der Waals surface area contributed by atoms with E-state index in [2.05, 4.69) is 0 Å². The van der Waals surface area contributed by atoms with Crippen molar-refractivity contribution in [2.24, 2.45) is 0 Å². The maximum atomic E-state index is 12.6. The molecule has 0 aliphatic carbocycles. The summed E-state index contributed by atoms with van der Waals surface area (Å²) in [6, 6.07) is 2.97. The van der Waals surface area contributed by atoms with E-state index in [-0.39, 0.29) is 10.9 Å². The summed E-state index contributed by atoms with van der Waals surface area (Å²) in [6.07, 6.45) is 0. The van der Waals surface area contributed by atoms with Crippen molar-refractivity contribution in [3.8, 4) is 0 Å². The number of anilines is 1. The van der Waals surface area contributed by atoms with Crippen molar-refractivity contribution < 1.29 is 8.42 Å². The van der Waals surface area contributed by atoms with Crippen molar-refractivity contribution in [1.82, 2.24) is 4.31 Å². The molecule has 0 saturated carbocycles. The average molecular weight is 321 g/mol. The maximum absolute atomic E-state index is 12.6. The molecule has 1 aliphatic heterocycles. The third-order valence-corrected chi connectivity index (χ3v) is 6.84. The second-order valence-electron chi connectivity index (χ2n) is 4.66. The van der Waals surface area contributed by atoms with Crippen LogP contribution in [0.5, 0.6) is 0 Å². The molecule has 1 saturated heterocycles. The lowest BCUT2D eigenvalue weighted by Crippen LogP contribution is -2.44. The third-order valence-electron chi connectivity index (χ3n) is 3.27. The van der Waals surface area contributed by atoms with E-state index < -0.39 is 10.0 Å². The first-order chi connectivity index (χ1) is 8.84. The first kappa shape index (κ1) is 15.0. The van der Waals surface area contributed by atoms with Crippen LogP contribution in [0.15, 0.2) is 17.0 Å². The molecule has 2 rings (SSSR count). The van der Waals surface area contributed by atoms with Crippen LogP contribution in [0.1, 0.15) is 12.5 Å². The lowest BCUT2D eigenvalue weighted by Gasteiger charge is -2.32. The number of thioether (sulfide) groups is 1. The van der Waals surface area contributed by atoms with Gasteiger partial charge >= 0.3 is 0 Å². The minimum absolute atomic E-state index is 0.00921. The second-order valence-corrected chi connectivity index (χ2v) is 8.11. The van der Waals surface area contributed by atoms with Crippen LogP contribution >= 0.6 is 23.4 Å². The Hall–Kier alpha value is -0.430. The molecule has 1 unspecified atom stereocenters. The highest BCUT2D eigenvalue weighted by Gasteiger charge is 2.31. The predicted molar refractivity (Wildman–Crippen MR) is 81.3 cm³/mol. The normalized spacial score (nSPS) is 21.5. The molecular weight excluding hydrogens is 304 g/mol. The molecule has 2 N–H and O–H groups in total. The van der Waals surface area contributed by atoms with Crippen LogP contribution in [-0.4, -0.2) is 36.8 Å². The van der Waals surface area contributed by atoms with Crippen LogP contribution < -0.4 is 5.73 Å². The van der Waals surface area contributed by atoms with E-state index in [0.29, 0.717) is 22.8 Å². The zero-order valence-electron chi connectivity index (χ0n) is 10.9. The highest BCUT2D eigenvalue weighted by molar-refractivity contribution is 7.99. The summed E-state index contributed by atoms with van der Waals surface area (Å²) in [4.78, 5) is 0.180. The summed E-state index contributed by atoms with van der Waals surface area (Å²) in [5.41, 5.74) is 6.93. The fourth-order valence-electron chi connectivity index (χ4n) is 2.03. The SMILES string of the molecule is Cc1c(N)cc(S(=O)(=O)N2CCSCC2C)cc1Cl. The summed E-state index contributed by atoms with van der Waals surface area (Å²) in [5.74, 6) is 1.63. The Morgan fingerprint density at radius 3 is 2.74 bits per heavy atom. The van der Waals surface area contributed by atoms with Crippen molar-refractivity contribution in [1.29, 1.82) is 0 Å². The fourth-order valence-corrected chi connectivity index (χ4v) is 5.24. The molecule has 1 aromatic carbocycles. The highest BCUT2D eigenvalue weighted by atomic mass is 35.5. The van der Waals surface area contributed by atoms with E-state index in [1.54, 1.807) is 18.7 Å². The largest absolute Gasteiger partial charge is 0.398 e. The Morgan fingerprint density at radius 2 is 2.16 bits per heavy atom. The number of benzene rings is 1. The minimum Gasteiger partial charge on any atom is -0.398 e. The first-order valence-electron chi connectivity index (χ1n) is 5.99. The number of rotatable bonds is 2. The van der Waals surface area contributed by atoms with Crippen LogP contribution in [-0.2, 0) is 10.0 Å². The van der Waals surface area contributed by atoms with E-state index in [1.165, 1.54) is 16.4 Å². The Kier molecular flexibility index (Phi) is 4.35. The molecule has 1 heterocycles. The van der Waals surface area contributed by atoms with Crippen LogP contribution in [0.3, 0.4) is 0 Å². The third kappa shape index (κ3) is 2.86. The molecule has 0 spiro atoms. The van der Waals surface area contributed by atoms with Gasteiger partial charge in [-0.3, -0.25) is 0 Å². The molecule has 19 heavy (non-hydrogen) atoms. The summed E-state index contributed by atoms with van der Waals surface area (Å²) in [7, 11) is -3.52. The van der Waals surface area contributed by atoms with Gasteiger partial charge in [-0.2, -0.15) is 16.1 Å². The van der Waals surface area contributed by atoms with E-state index in [1.807, 2.05) is 6.92 Å². The quantitative estimate of drug-likeness (QED) is 0.850. The van der Waals surface area contributed by atoms with Gasteiger partial charge in [0.15, 0.2) is 0 Å². The van der Waals surface area contributed by atoms with E-state index in [9.17, 15) is 8.42 Å². The molecule has 1 aliphatic rings. The number of nitrogens with two attached hydrogens (primary N) is 1. The lowest BCUT2D eigenvalue weighted by atomic mass is 10.2. The molecule has 7 heteroatoms. The first-order valence-corrected chi connectivity index (χ1v) is 8.96. The van der Waals surface area contributed by atoms with Crippen molar-refractivity contribution in [3.63, 3.8) is 0 Å². The summed E-state index contributed by atoms with van der Waals surface area (Å²) in [5, 5.41) is 0.387. The van der Waals surface area contributed by atoms with Gasteiger partial charge in [-0.05, 0) is 31.5 Å². The summed E-state index contributed by atoms with van der Waals surface area (Å²) in [6.45, 7) is 4.22. The zero-order valence-corrected chi connectivity index (χ0v) is 13.3. The zero-order chi connectivity index (χ0) is 14.2. The molecule has 0 aromatic heterocycles. The van der Waals surface area contributed by atoms with Crippen LogP contribution in [0, 0.1) is 6.92 Å². The number of hydrogen-bond donors (Lipinski definition) is 1. The van der Waals surface area contributed by atoms with E-state index in [4.69, 9.17) is 17.3 Å². The number of nitrogen functional groups attached to an aromatic ring is 1. The van der Waals surface area contributed by atoms with Gasteiger partial charge in [-0.1, -0.05) is 11.6 Å². The maximum Gasteiger partial charge on any atom is 0.243 e. The number of hydrogen-bond acceptors (Lipinski definition) is 4. The Labute approximate surface area is 123 Å². The second kappa shape index (κ2) is 5.52. The number of sulfonamides is 1. The highest BCUT2D eigenvalue weighted by Crippen LogP contribution is 2.30. The Balaban J connectivity index is 2.44. The summed E-state index contributed by atoms with van der Waals surface area (Å²) < 4.78 is 26.8. The van der Waals surface area contributed by atoms with Crippen molar-refractivity contribution in [2.75, 3.05) is 23.8 Å². The van der Waals surface area contributed by atoms with Gasteiger partial charge in [-0.15, -0.1) is 0 Å². The predicted octanol–water partition coefficient (Wildman–Crippen LogP) is 2.36. The monoisotopic (exact) mass is 320 g/mol. The number of halogens is 1. The average Bonchev–Trinajstić information content (AvgIpc) is 2.35. The van der Waals surface area contributed by atoms with Crippen LogP contribution in [0.2, 0.25) is 5.02 Å². The molecule has 1 atom stereocenters. The van der Waals surface area contributed by atoms with Gasteiger partial charge in [-0.25, -0.2) is 8.42 Å². The van der Waals surface area contributed by atoms with Crippen LogP contribution in [0.25, 0.3) is 0 Å². The Bertz CT molecular complexity index is 566.